The predicted molar refractivity (Wildman–Crippen MR) is 74.5 cm³/mol. The molecule has 1 nitrogen and oxygen atoms in total. The summed E-state index contributed by atoms with van der Waals surface area (Å²) in [7, 11) is 0. The summed E-state index contributed by atoms with van der Waals surface area (Å²) in [6, 6.07) is 5.19. The predicted octanol–water partition coefficient (Wildman–Crippen LogP) is 4.05. The molecular formula is C15H21ClFN. The Morgan fingerprint density at radius 2 is 2.22 bits per heavy atom. The molecule has 2 rings (SSSR count). The third-order valence-corrected chi connectivity index (χ3v) is 4.15. The maximum Gasteiger partial charge on any atom is 0.124 e. The molecule has 0 aromatic heterocycles. The fourth-order valence-electron chi connectivity index (χ4n) is 2.54. The minimum absolute atomic E-state index is 0.262. The lowest BCUT2D eigenvalue weighted by atomic mass is 10.0. The third-order valence-electron chi connectivity index (χ3n) is 3.80. The number of hydrogen-bond donors (Lipinski definition) is 1. The van der Waals surface area contributed by atoms with Crippen molar-refractivity contribution in [3.05, 3.63) is 34.6 Å². The van der Waals surface area contributed by atoms with Crippen LogP contribution in [0.1, 0.15) is 32.3 Å². The van der Waals surface area contributed by atoms with E-state index in [4.69, 9.17) is 11.6 Å². The Morgan fingerprint density at radius 1 is 1.50 bits per heavy atom. The van der Waals surface area contributed by atoms with Gasteiger partial charge >= 0.3 is 0 Å². The molecule has 18 heavy (non-hydrogen) atoms. The zero-order chi connectivity index (χ0) is 13.1. The molecule has 1 aliphatic carbocycles. The average molecular weight is 270 g/mol. The number of benzene rings is 1. The van der Waals surface area contributed by atoms with Crippen LogP contribution in [0.3, 0.4) is 0 Å². The molecule has 0 radical (unpaired) electrons. The number of hydrogen-bond acceptors (Lipinski definition) is 1. The SMILES string of the molecule is CCCNC(Cc1ccc(F)cc1Cl)C1CC1C. The van der Waals surface area contributed by atoms with Gasteiger partial charge in [0.2, 0.25) is 0 Å². The van der Waals surface area contributed by atoms with Crippen molar-refractivity contribution in [2.45, 2.75) is 39.2 Å². The van der Waals surface area contributed by atoms with Crippen LogP contribution in [-0.4, -0.2) is 12.6 Å². The molecule has 0 aliphatic heterocycles. The van der Waals surface area contributed by atoms with Crippen LogP contribution in [0.5, 0.6) is 0 Å². The summed E-state index contributed by atoms with van der Waals surface area (Å²) in [6.07, 6.45) is 3.32. The van der Waals surface area contributed by atoms with E-state index in [-0.39, 0.29) is 5.82 Å². The van der Waals surface area contributed by atoms with Crippen molar-refractivity contribution < 1.29 is 4.39 Å². The van der Waals surface area contributed by atoms with E-state index >= 15 is 0 Å². The van der Waals surface area contributed by atoms with Crippen LogP contribution in [0.2, 0.25) is 5.02 Å². The van der Waals surface area contributed by atoms with Crippen LogP contribution < -0.4 is 5.32 Å². The van der Waals surface area contributed by atoms with Gasteiger partial charge in [0, 0.05) is 11.1 Å². The van der Waals surface area contributed by atoms with Crippen LogP contribution in [-0.2, 0) is 6.42 Å². The fraction of sp³-hybridized carbons (Fsp3) is 0.600. The van der Waals surface area contributed by atoms with Crippen molar-refractivity contribution in [1.82, 2.24) is 5.32 Å². The molecule has 1 aromatic rings. The molecule has 100 valence electrons. The standard InChI is InChI=1S/C15H21ClFN/c1-3-6-18-15(13-7-10(13)2)8-11-4-5-12(17)9-14(11)16/h4-5,9-10,13,15,18H,3,6-8H2,1-2H3. The lowest BCUT2D eigenvalue weighted by Crippen LogP contribution is -2.34. The van der Waals surface area contributed by atoms with Crippen molar-refractivity contribution in [2.24, 2.45) is 11.8 Å². The summed E-state index contributed by atoms with van der Waals surface area (Å²) >= 11 is 6.10. The molecule has 0 heterocycles. The van der Waals surface area contributed by atoms with Crippen LogP contribution in [0, 0.1) is 17.7 Å². The molecule has 0 saturated heterocycles. The molecule has 1 fully saturated rings. The molecule has 1 aliphatic rings. The van der Waals surface area contributed by atoms with Gasteiger partial charge in [0.25, 0.3) is 0 Å². The first-order chi connectivity index (χ1) is 8.61. The summed E-state index contributed by atoms with van der Waals surface area (Å²) in [5.74, 6) is 1.29. The molecular weight excluding hydrogens is 249 g/mol. The maximum atomic E-state index is 13.0. The summed E-state index contributed by atoms with van der Waals surface area (Å²) in [6.45, 7) is 5.50. The first-order valence-corrected chi connectivity index (χ1v) is 7.17. The Labute approximate surface area is 114 Å². The lowest BCUT2D eigenvalue weighted by Gasteiger charge is -2.19. The highest BCUT2D eigenvalue weighted by atomic mass is 35.5. The fourth-order valence-corrected chi connectivity index (χ4v) is 2.78. The van der Waals surface area contributed by atoms with Crippen LogP contribution in [0.4, 0.5) is 4.39 Å². The smallest absolute Gasteiger partial charge is 0.124 e. The Bertz CT molecular complexity index is 407. The van der Waals surface area contributed by atoms with E-state index in [1.165, 1.54) is 18.6 Å². The van der Waals surface area contributed by atoms with Crippen LogP contribution in [0.25, 0.3) is 0 Å². The quantitative estimate of drug-likeness (QED) is 0.822. The van der Waals surface area contributed by atoms with E-state index in [2.05, 4.69) is 19.2 Å². The van der Waals surface area contributed by atoms with Gasteiger partial charge in [-0.25, -0.2) is 4.39 Å². The van der Waals surface area contributed by atoms with Gasteiger partial charge in [0.1, 0.15) is 5.82 Å². The first kappa shape index (κ1) is 13.8. The molecule has 1 aromatic carbocycles. The van der Waals surface area contributed by atoms with E-state index in [0.717, 1.165) is 36.8 Å². The average Bonchev–Trinajstić information content (AvgIpc) is 3.04. The first-order valence-electron chi connectivity index (χ1n) is 6.79. The van der Waals surface area contributed by atoms with Crippen LogP contribution >= 0.6 is 11.6 Å². The van der Waals surface area contributed by atoms with Gasteiger partial charge in [-0.05, 0) is 55.3 Å². The summed E-state index contributed by atoms with van der Waals surface area (Å²) in [5, 5.41) is 4.15. The van der Waals surface area contributed by atoms with E-state index in [9.17, 15) is 4.39 Å². The minimum Gasteiger partial charge on any atom is -0.313 e. The van der Waals surface area contributed by atoms with E-state index < -0.39 is 0 Å². The van der Waals surface area contributed by atoms with Crippen LogP contribution in [0.15, 0.2) is 18.2 Å². The molecule has 3 unspecified atom stereocenters. The number of rotatable bonds is 6. The van der Waals surface area contributed by atoms with Crippen molar-refractivity contribution in [1.29, 1.82) is 0 Å². The third kappa shape index (κ3) is 3.46. The number of halogens is 2. The zero-order valence-electron chi connectivity index (χ0n) is 11.0. The molecule has 1 N–H and O–H groups in total. The van der Waals surface area contributed by atoms with E-state index in [1.54, 1.807) is 0 Å². The molecule has 0 spiro atoms. The molecule has 0 bridgehead atoms. The maximum absolute atomic E-state index is 13.0. The van der Waals surface area contributed by atoms with Crippen molar-refractivity contribution in [2.75, 3.05) is 6.54 Å². The highest BCUT2D eigenvalue weighted by Gasteiger charge is 2.39. The normalized spacial score (nSPS) is 24.0. The van der Waals surface area contributed by atoms with Crippen molar-refractivity contribution >= 4 is 11.6 Å². The Balaban J connectivity index is 2.03. The van der Waals surface area contributed by atoms with Gasteiger partial charge in [-0.1, -0.05) is 31.5 Å². The summed E-state index contributed by atoms with van der Waals surface area (Å²) in [5.41, 5.74) is 1.05. The van der Waals surface area contributed by atoms with Crippen molar-refractivity contribution in [3.63, 3.8) is 0 Å². The molecule has 1 saturated carbocycles. The van der Waals surface area contributed by atoms with Gasteiger partial charge in [-0.2, -0.15) is 0 Å². The second-order valence-corrected chi connectivity index (χ2v) is 5.78. The topological polar surface area (TPSA) is 12.0 Å². The second kappa shape index (κ2) is 6.03. The number of nitrogens with one attached hydrogen (secondary N) is 1. The van der Waals surface area contributed by atoms with Crippen molar-refractivity contribution in [3.8, 4) is 0 Å². The second-order valence-electron chi connectivity index (χ2n) is 5.38. The zero-order valence-corrected chi connectivity index (χ0v) is 11.8. The Kier molecular flexibility index (Phi) is 4.63. The molecule has 3 heteroatoms. The van der Waals surface area contributed by atoms with Gasteiger partial charge in [-0.15, -0.1) is 0 Å². The highest BCUT2D eigenvalue weighted by molar-refractivity contribution is 6.31. The minimum atomic E-state index is -0.262. The highest BCUT2D eigenvalue weighted by Crippen LogP contribution is 2.41. The van der Waals surface area contributed by atoms with Gasteiger partial charge < -0.3 is 5.32 Å². The molecule has 3 atom stereocenters. The molecule has 0 amide bonds. The van der Waals surface area contributed by atoms with Gasteiger partial charge in [0.15, 0.2) is 0 Å². The van der Waals surface area contributed by atoms with E-state index in [1.807, 2.05) is 6.07 Å². The van der Waals surface area contributed by atoms with E-state index in [0.29, 0.717) is 11.1 Å². The summed E-state index contributed by atoms with van der Waals surface area (Å²) < 4.78 is 13.0. The Morgan fingerprint density at radius 3 is 2.78 bits per heavy atom. The Hall–Kier alpha value is -0.600. The van der Waals surface area contributed by atoms with Gasteiger partial charge in [-0.3, -0.25) is 0 Å². The monoisotopic (exact) mass is 269 g/mol. The van der Waals surface area contributed by atoms with Gasteiger partial charge in [0.05, 0.1) is 0 Å². The lowest BCUT2D eigenvalue weighted by molar-refractivity contribution is 0.443. The summed E-state index contributed by atoms with van der Waals surface area (Å²) in [4.78, 5) is 0. The largest absolute Gasteiger partial charge is 0.313 e.